The summed E-state index contributed by atoms with van der Waals surface area (Å²) in [6.45, 7) is 1.83. The molecule has 2 aliphatic heterocycles. The van der Waals surface area contributed by atoms with E-state index in [9.17, 15) is 25.3 Å². The largest absolute Gasteiger partial charge is 0.467 e. The van der Waals surface area contributed by atoms with Gasteiger partial charge in [-0.25, -0.2) is 9.86 Å². The molecule has 1 saturated carbocycles. The van der Waals surface area contributed by atoms with E-state index < -0.39 is 72.8 Å². The first-order valence-electron chi connectivity index (χ1n) is 13.8. The lowest BCUT2D eigenvalue weighted by Gasteiger charge is -2.48. The van der Waals surface area contributed by atoms with Crippen LogP contribution in [0.2, 0.25) is 0 Å². The maximum absolute atomic E-state index is 12.6. The zero-order chi connectivity index (χ0) is 30.3. The highest BCUT2D eigenvalue weighted by Crippen LogP contribution is 2.32. The van der Waals surface area contributed by atoms with E-state index in [0.717, 1.165) is 0 Å². The lowest BCUT2D eigenvalue weighted by atomic mass is 9.83. The number of nitrogens with two attached hydrogens (primary N) is 3. The van der Waals surface area contributed by atoms with E-state index in [1.165, 1.54) is 6.92 Å². The number of aliphatic hydroxyl groups excluding tert-OH is 3. The molecular formula is C24H47N7O10. The summed E-state index contributed by atoms with van der Waals surface area (Å²) >= 11 is 0. The van der Waals surface area contributed by atoms with Gasteiger partial charge in [0.15, 0.2) is 6.29 Å². The highest BCUT2D eigenvalue weighted by molar-refractivity contribution is 5.73. The van der Waals surface area contributed by atoms with Crippen LogP contribution in [-0.4, -0.2) is 150 Å². The van der Waals surface area contributed by atoms with E-state index in [0.29, 0.717) is 30.3 Å². The summed E-state index contributed by atoms with van der Waals surface area (Å²) in [5.74, 6) is 0.550. The van der Waals surface area contributed by atoms with Crippen molar-refractivity contribution in [1.29, 1.82) is 0 Å². The smallest absolute Gasteiger partial charge is 0.341 e. The van der Waals surface area contributed by atoms with Crippen LogP contribution < -0.4 is 33.2 Å². The molecule has 0 radical (unpaired) electrons. The van der Waals surface area contributed by atoms with Crippen LogP contribution in [0.25, 0.3) is 0 Å². The Labute approximate surface area is 238 Å². The minimum absolute atomic E-state index is 0.00755. The molecule has 1 saturated heterocycles. The standard InChI is InChI=1S/C24H47N7O10/c1-24(36)11-38-22(17(34)20(24)28-2)41-19-15(30-23(35)31(37)7-5-25)9-14(27)18(16(19)33)40-21-13(26)4-3-12(39-21)10-29-6-8-32/h3,13-22,28-29,32-34,36-37H,4-11,25-27H2,1-2H3,(H,30,35)/t13-,14+,15-,16+,17-,18?,19+,20-,21-,22-,24+/m1/s1. The molecule has 14 N–H and O–H groups in total. The van der Waals surface area contributed by atoms with Gasteiger partial charge in [-0.05, 0) is 32.9 Å². The van der Waals surface area contributed by atoms with Gasteiger partial charge < -0.3 is 72.5 Å². The number of hydrogen-bond donors (Lipinski definition) is 11. The summed E-state index contributed by atoms with van der Waals surface area (Å²) in [6, 6.07) is -4.09. The molecule has 1 aliphatic carbocycles. The van der Waals surface area contributed by atoms with Crippen LogP contribution in [0.3, 0.4) is 0 Å². The fourth-order valence-electron chi connectivity index (χ4n) is 5.27. The van der Waals surface area contributed by atoms with Crippen molar-refractivity contribution in [2.24, 2.45) is 17.2 Å². The number of nitrogens with one attached hydrogen (secondary N) is 3. The van der Waals surface area contributed by atoms with Crippen molar-refractivity contribution in [3.8, 4) is 0 Å². The summed E-state index contributed by atoms with van der Waals surface area (Å²) < 4.78 is 23.6. The Morgan fingerprint density at radius 3 is 2.56 bits per heavy atom. The number of rotatable bonds is 12. The van der Waals surface area contributed by atoms with Crippen molar-refractivity contribution in [3.63, 3.8) is 0 Å². The normalized spacial score (nSPS) is 39.5. The van der Waals surface area contributed by atoms with Gasteiger partial charge in [0.1, 0.15) is 35.8 Å². The van der Waals surface area contributed by atoms with Crippen molar-refractivity contribution in [2.75, 3.05) is 46.4 Å². The van der Waals surface area contributed by atoms with Crippen LogP contribution in [0.4, 0.5) is 4.79 Å². The molecule has 0 bridgehead atoms. The molecule has 3 rings (SSSR count). The van der Waals surface area contributed by atoms with Gasteiger partial charge in [-0.1, -0.05) is 0 Å². The van der Waals surface area contributed by atoms with E-state index >= 15 is 0 Å². The van der Waals surface area contributed by atoms with E-state index in [-0.39, 0.29) is 32.7 Å². The molecule has 238 valence electrons. The average Bonchev–Trinajstić information content (AvgIpc) is 2.91. The Morgan fingerprint density at radius 1 is 1.20 bits per heavy atom. The molecule has 3 aliphatic rings. The van der Waals surface area contributed by atoms with E-state index in [2.05, 4.69) is 16.0 Å². The maximum atomic E-state index is 12.6. The first kappa shape index (κ1) is 33.8. The summed E-state index contributed by atoms with van der Waals surface area (Å²) in [6.07, 6.45) is -5.16. The Morgan fingerprint density at radius 2 is 1.90 bits per heavy atom. The van der Waals surface area contributed by atoms with Gasteiger partial charge in [0.2, 0.25) is 6.29 Å². The lowest BCUT2D eigenvalue weighted by Crippen LogP contribution is -2.69. The zero-order valence-corrected chi connectivity index (χ0v) is 23.5. The quantitative estimate of drug-likeness (QED) is 0.0575. The third-order valence-electron chi connectivity index (χ3n) is 7.45. The van der Waals surface area contributed by atoms with Crippen molar-refractivity contribution in [1.82, 2.24) is 21.0 Å². The summed E-state index contributed by atoms with van der Waals surface area (Å²) in [4.78, 5) is 12.6. The second kappa shape index (κ2) is 15.1. The number of ether oxygens (including phenoxy) is 4. The van der Waals surface area contributed by atoms with E-state index in [4.69, 9.17) is 41.3 Å². The van der Waals surface area contributed by atoms with Crippen molar-refractivity contribution >= 4 is 6.03 Å². The number of carbonyl (C=O) groups is 1. The molecule has 1 unspecified atom stereocenters. The molecule has 17 heteroatoms. The van der Waals surface area contributed by atoms with Gasteiger partial charge in [-0.15, -0.1) is 0 Å². The number of hydroxylamine groups is 2. The Balaban J connectivity index is 1.79. The molecule has 17 nitrogen and oxygen atoms in total. The Hall–Kier alpha value is -1.71. The third kappa shape index (κ3) is 8.44. The lowest BCUT2D eigenvalue weighted by molar-refractivity contribution is -0.304. The highest BCUT2D eigenvalue weighted by Gasteiger charge is 2.51. The predicted molar refractivity (Wildman–Crippen MR) is 143 cm³/mol. The summed E-state index contributed by atoms with van der Waals surface area (Å²) in [7, 11) is 1.56. The van der Waals surface area contributed by atoms with Crippen molar-refractivity contribution < 1.29 is 49.4 Å². The number of urea groups is 1. The van der Waals surface area contributed by atoms with Gasteiger partial charge in [0, 0.05) is 19.1 Å². The molecule has 0 aromatic rings. The molecule has 41 heavy (non-hydrogen) atoms. The molecule has 2 fully saturated rings. The molecule has 2 heterocycles. The van der Waals surface area contributed by atoms with Gasteiger partial charge in [-0.3, -0.25) is 5.21 Å². The van der Waals surface area contributed by atoms with Crippen LogP contribution in [0.15, 0.2) is 11.8 Å². The minimum Gasteiger partial charge on any atom is -0.467 e. The predicted octanol–water partition coefficient (Wildman–Crippen LogP) is -4.83. The number of likely N-dealkylation sites (N-methyl/N-ethyl adjacent to an activating group) is 1. The Bertz CT molecular complexity index is 871. The molecular weight excluding hydrogens is 546 g/mol. The zero-order valence-electron chi connectivity index (χ0n) is 23.5. The maximum Gasteiger partial charge on any atom is 0.341 e. The summed E-state index contributed by atoms with van der Waals surface area (Å²) in [5.41, 5.74) is 16.6. The number of nitrogens with zero attached hydrogens (tertiary/aromatic N) is 1. The molecule has 0 aromatic heterocycles. The average molecular weight is 594 g/mol. The van der Waals surface area contributed by atoms with Gasteiger partial charge in [-0.2, -0.15) is 0 Å². The summed E-state index contributed by atoms with van der Waals surface area (Å²) in [5, 5.41) is 60.8. The van der Waals surface area contributed by atoms with Crippen LogP contribution in [0.1, 0.15) is 19.8 Å². The van der Waals surface area contributed by atoms with Crippen LogP contribution in [0, 0.1) is 0 Å². The van der Waals surface area contributed by atoms with Gasteiger partial charge in [0.05, 0.1) is 44.4 Å². The number of carbonyl (C=O) groups excluding carboxylic acids is 1. The second-order valence-electron chi connectivity index (χ2n) is 10.8. The molecule has 2 amide bonds. The number of hydrogen-bond acceptors (Lipinski definition) is 15. The first-order valence-corrected chi connectivity index (χ1v) is 13.8. The number of amides is 2. The minimum atomic E-state index is -1.48. The molecule has 0 spiro atoms. The van der Waals surface area contributed by atoms with Crippen LogP contribution in [0.5, 0.6) is 0 Å². The van der Waals surface area contributed by atoms with E-state index in [1.807, 2.05) is 0 Å². The van der Waals surface area contributed by atoms with Crippen LogP contribution in [-0.2, 0) is 18.9 Å². The Kier molecular flexibility index (Phi) is 12.5. The van der Waals surface area contributed by atoms with Gasteiger partial charge >= 0.3 is 6.03 Å². The van der Waals surface area contributed by atoms with Crippen molar-refractivity contribution in [3.05, 3.63) is 11.8 Å². The monoisotopic (exact) mass is 593 g/mol. The second-order valence-corrected chi connectivity index (χ2v) is 10.8. The van der Waals surface area contributed by atoms with Crippen LogP contribution >= 0.6 is 0 Å². The SMILES string of the molecule is CN[C@@H]1[C@@H](O)[C@@H](O[C@H]2[C@H](NC(=O)N(O)CCN)C[C@H](N)C(O[C@H]3OC(CNCCO)=CC[C@H]3N)[C@@H]2O)OC[C@]1(C)O. The fraction of sp³-hybridized carbons (Fsp3) is 0.875. The number of aliphatic hydroxyl groups is 4. The molecule has 0 aromatic carbocycles. The van der Waals surface area contributed by atoms with Crippen molar-refractivity contribution in [2.45, 2.75) is 86.5 Å². The van der Waals surface area contributed by atoms with E-state index in [1.54, 1.807) is 13.1 Å². The molecule has 11 atom stereocenters. The van der Waals surface area contributed by atoms with Gasteiger partial charge in [0.25, 0.3) is 0 Å². The first-order chi connectivity index (χ1) is 19.4. The fourth-order valence-corrected chi connectivity index (χ4v) is 5.27. The topological polar surface area (TPSA) is 273 Å². The third-order valence-corrected chi connectivity index (χ3v) is 7.45. The highest BCUT2D eigenvalue weighted by atomic mass is 16.7.